The lowest BCUT2D eigenvalue weighted by atomic mass is 10.1. The van der Waals surface area contributed by atoms with Crippen molar-refractivity contribution < 1.29 is 9.47 Å². The molecule has 180 valence electrons. The Hall–Kier alpha value is -1.74. The highest BCUT2D eigenvalue weighted by molar-refractivity contribution is 7.98. The van der Waals surface area contributed by atoms with Gasteiger partial charge < -0.3 is 24.2 Å². The summed E-state index contributed by atoms with van der Waals surface area (Å²) in [6, 6.07) is 7.66. The number of benzene rings is 1. The second-order valence-electron chi connectivity index (χ2n) is 8.94. The highest BCUT2D eigenvalue weighted by Crippen LogP contribution is 2.39. The normalized spacial score (nSPS) is 18.9. The number of anilines is 2. The largest absolute Gasteiger partial charge is 0.473 e. The molecule has 0 atom stereocenters. The topological polar surface area (TPSA) is 54.0 Å². The monoisotopic (exact) mass is 491 g/mol. The van der Waals surface area contributed by atoms with Gasteiger partial charge >= 0.3 is 0 Å². The smallest absolute Gasteiger partial charge is 0.236 e. The van der Waals surface area contributed by atoms with Gasteiger partial charge in [0.1, 0.15) is 17.1 Å². The summed E-state index contributed by atoms with van der Waals surface area (Å²) in [5.74, 6) is 1.79. The first-order chi connectivity index (χ1) is 15.9. The van der Waals surface area contributed by atoms with Gasteiger partial charge in [-0.1, -0.05) is 11.6 Å². The minimum Gasteiger partial charge on any atom is -0.473 e. The van der Waals surface area contributed by atoms with E-state index in [1.165, 1.54) is 0 Å². The number of hydrogen-bond donors (Lipinski definition) is 0. The van der Waals surface area contributed by atoms with Crippen LogP contribution in [0.3, 0.4) is 0 Å². The van der Waals surface area contributed by atoms with E-state index >= 15 is 0 Å². The number of nitrogens with zero attached hydrogens (tertiary/aromatic N) is 5. The molecule has 1 aromatic heterocycles. The second-order valence-corrected chi connectivity index (χ2v) is 10.2. The van der Waals surface area contributed by atoms with Gasteiger partial charge in [0.25, 0.3) is 0 Å². The van der Waals surface area contributed by atoms with Crippen LogP contribution in [0, 0.1) is 0 Å². The van der Waals surface area contributed by atoms with Gasteiger partial charge in [-0.05, 0) is 70.3 Å². The molecule has 0 amide bonds. The Bertz CT molecular complexity index is 871. The fraction of sp³-hybridized carbons (Fsp3) is 0.583. The third-order valence-electron chi connectivity index (χ3n) is 6.40. The summed E-state index contributed by atoms with van der Waals surface area (Å²) < 4.78 is 13.0. The van der Waals surface area contributed by atoms with Crippen molar-refractivity contribution in [2.75, 3.05) is 58.5 Å². The lowest BCUT2D eigenvalue weighted by molar-refractivity contribution is 0.0962. The molecule has 2 saturated heterocycles. The van der Waals surface area contributed by atoms with Gasteiger partial charge in [0.2, 0.25) is 17.7 Å². The number of ether oxygens (including phenoxy) is 2. The number of halogens is 1. The molecule has 2 fully saturated rings. The Morgan fingerprint density at radius 1 is 0.879 bits per heavy atom. The molecule has 9 heteroatoms. The Balaban J connectivity index is 1.65. The number of likely N-dealkylation sites (tertiary alicyclic amines) is 2. The number of aromatic nitrogens is 2. The molecule has 2 aliphatic heterocycles. The standard InChI is InChI=1S/C24H34ClN5O2S/c1-28-13-9-19(10-14-28)31-22-21(33-4)23(32-20-11-15-29(2)16-12-20)27-24(26-22)30(3)18-7-5-17(25)6-8-18/h5-8,19-20H,9-16H2,1-4H3. The predicted octanol–water partition coefficient (Wildman–Crippen LogP) is 4.57. The average Bonchev–Trinajstić information content (AvgIpc) is 2.82. The molecule has 3 heterocycles. The average molecular weight is 492 g/mol. The van der Waals surface area contributed by atoms with Crippen LogP contribution in [-0.4, -0.2) is 85.6 Å². The molecule has 33 heavy (non-hydrogen) atoms. The molecule has 1 aromatic carbocycles. The van der Waals surface area contributed by atoms with Crippen molar-refractivity contribution >= 4 is 35.0 Å². The van der Waals surface area contributed by atoms with Crippen molar-refractivity contribution in [3.63, 3.8) is 0 Å². The lowest BCUT2D eigenvalue weighted by Gasteiger charge is -2.31. The van der Waals surface area contributed by atoms with Gasteiger partial charge in [-0.3, -0.25) is 0 Å². The van der Waals surface area contributed by atoms with Crippen molar-refractivity contribution in [3.8, 4) is 11.8 Å². The summed E-state index contributed by atoms with van der Waals surface area (Å²) in [4.78, 5) is 17.2. The SMILES string of the molecule is CSc1c(OC2CCN(C)CC2)nc(N(C)c2ccc(Cl)cc2)nc1OC1CCN(C)CC1. The van der Waals surface area contributed by atoms with E-state index in [9.17, 15) is 0 Å². The Kier molecular flexibility index (Phi) is 8.22. The maximum atomic E-state index is 6.48. The third kappa shape index (κ3) is 6.23. The molecular formula is C24H34ClN5O2S. The summed E-state index contributed by atoms with van der Waals surface area (Å²) in [6.07, 6.45) is 6.27. The van der Waals surface area contributed by atoms with E-state index in [1.807, 2.05) is 42.5 Å². The van der Waals surface area contributed by atoms with Crippen LogP contribution >= 0.6 is 23.4 Å². The van der Waals surface area contributed by atoms with Crippen molar-refractivity contribution in [1.82, 2.24) is 19.8 Å². The van der Waals surface area contributed by atoms with Gasteiger partial charge in [0.15, 0.2) is 0 Å². The second kappa shape index (κ2) is 11.1. The Morgan fingerprint density at radius 2 is 1.33 bits per heavy atom. The van der Waals surface area contributed by atoms with Crippen molar-refractivity contribution in [1.29, 1.82) is 0 Å². The van der Waals surface area contributed by atoms with Crippen LogP contribution in [0.15, 0.2) is 29.2 Å². The van der Waals surface area contributed by atoms with Gasteiger partial charge in [-0.15, -0.1) is 11.8 Å². The molecule has 2 aromatic rings. The summed E-state index contributed by atoms with van der Waals surface area (Å²) in [5.41, 5.74) is 0.951. The first-order valence-corrected chi connectivity index (χ1v) is 13.2. The van der Waals surface area contributed by atoms with Crippen LogP contribution < -0.4 is 14.4 Å². The van der Waals surface area contributed by atoms with Crippen LogP contribution in [0.5, 0.6) is 11.8 Å². The van der Waals surface area contributed by atoms with Crippen molar-refractivity contribution in [3.05, 3.63) is 29.3 Å². The third-order valence-corrected chi connectivity index (χ3v) is 7.41. The van der Waals surface area contributed by atoms with Gasteiger partial charge in [-0.2, -0.15) is 9.97 Å². The van der Waals surface area contributed by atoms with Gasteiger partial charge in [-0.25, -0.2) is 0 Å². The molecule has 0 radical (unpaired) electrons. The Labute approximate surface area is 206 Å². The molecule has 0 aliphatic carbocycles. The van der Waals surface area contributed by atoms with Crippen molar-refractivity contribution in [2.45, 2.75) is 42.8 Å². The minimum atomic E-state index is 0.145. The van der Waals surface area contributed by atoms with E-state index in [0.717, 1.165) is 62.4 Å². The number of piperidine rings is 2. The first-order valence-electron chi connectivity index (χ1n) is 11.6. The molecule has 2 aliphatic rings. The van der Waals surface area contributed by atoms with Crippen LogP contribution in [0.1, 0.15) is 25.7 Å². The van der Waals surface area contributed by atoms with E-state index in [4.69, 9.17) is 31.0 Å². The van der Waals surface area contributed by atoms with E-state index < -0.39 is 0 Å². The fourth-order valence-electron chi connectivity index (χ4n) is 4.19. The predicted molar refractivity (Wildman–Crippen MR) is 136 cm³/mol. The summed E-state index contributed by atoms with van der Waals surface area (Å²) in [6.45, 7) is 4.11. The quantitative estimate of drug-likeness (QED) is 0.522. The number of rotatable bonds is 7. The molecule has 0 unspecified atom stereocenters. The maximum Gasteiger partial charge on any atom is 0.236 e. The number of hydrogen-bond acceptors (Lipinski definition) is 8. The minimum absolute atomic E-state index is 0.145. The van der Waals surface area contributed by atoms with E-state index in [0.29, 0.717) is 22.7 Å². The zero-order valence-corrected chi connectivity index (χ0v) is 21.5. The van der Waals surface area contributed by atoms with Crippen molar-refractivity contribution in [2.24, 2.45) is 0 Å². The zero-order valence-electron chi connectivity index (χ0n) is 20.0. The number of thioether (sulfide) groups is 1. The molecule has 0 bridgehead atoms. The molecule has 0 spiro atoms. The molecule has 7 nitrogen and oxygen atoms in total. The molecule has 0 saturated carbocycles. The van der Waals surface area contributed by atoms with Gasteiger partial charge in [0, 0.05) is 43.9 Å². The van der Waals surface area contributed by atoms with E-state index in [1.54, 1.807) is 11.8 Å². The summed E-state index contributed by atoms with van der Waals surface area (Å²) in [5, 5.41) is 0.698. The first kappa shape index (κ1) is 24.4. The zero-order chi connectivity index (χ0) is 23.4. The molecular weight excluding hydrogens is 458 g/mol. The van der Waals surface area contributed by atoms with Crippen LogP contribution in [0.25, 0.3) is 0 Å². The van der Waals surface area contributed by atoms with Gasteiger partial charge in [0.05, 0.1) is 0 Å². The Morgan fingerprint density at radius 3 is 1.76 bits per heavy atom. The van der Waals surface area contributed by atoms with Crippen LogP contribution in [-0.2, 0) is 0 Å². The summed E-state index contributed by atoms with van der Waals surface area (Å²) in [7, 11) is 6.26. The van der Waals surface area contributed by atoms with Crippen LogP contribution in [0.2, 0.25) is 5.02 Å². The van der Waals surface area contributed by atoms with E-state index in [2.05, 4.69) is 23.9 Å². The molecule has 0 N–H and O–H groups in total. The highest BCUT2D eigenvalue weighted by Gasteiger charge is 2.27. The van der Waals surface area contributed by atoms with Crippen LogP contribution in [0.4, 0.5) is 11.6 Å². The molecule has 4 rings (SSSR count). The maximum absolute atomic E-state index is 6.48. The lowest BCUT2D eigenvalue weighted by Crippen LogP contribution is -2.36. The summed E-state index contributed by atoms with van der Waals surface area (Å²) >= 11 is 7.68. The van der Waals surface area contributed by atoms with E-state index in [-0.39, 0.29) is 12.2 Å². The fourth-order valence-corrected chi connectivity index (χ4v) is 4.85. The highest BCUT2D eigenvalue weighted by atomic mass is 35.5.